The zero-order valence-electron chi connectivity index (χ0n) is 14.5. The summed E-state index contributed by atoms with van der Waals surface area (Å²) in [4.78, 5) is 22.9. The third-order valence-electron chi connectivity index (χ3n) is 3.73. The molecule has 1 aromatic rings. The fourth-order valence-electron chi connectivity index (χ4n) is 2.44. The van der Waals surface area contributed by atoms with Crippen LogP contribution in [0.4, 0.5) is 0 Å². The van der Waals surface area contributed by atoms with Crippen LogP contribution in [0.1, 0.15) is 64.4 Å². The van der Waals surface area contributed by atoms with Crippen LogP contribution < -0.4 is 9.47 Å². The van der Waals surface area contributed by atoms with E-state index in [1.54, 1.807) is 6.07 Å². The van der Waals surface area contributed by atoms with Gasteiger partial charge in [-0.1, -0.05) is 38.7 Å². The number of carbonyl (C=O) groups is 2. The smallest absolute Gasteiger partial charge is 0.308 e. The Morgan fingerprint density at radius 3 is 2.39 bits per heavy atom. The fraction of sp³-hybridized carbons (Fsp3) is 0.579. The van der Waals surface area contributed by atoms with Gasteiger partial charge in [0.05, 0.1) is 7.11 Å². The first-order valence-corrected chi connectivity index (χ1v) is 8.43. The lowest BCUT2D eigenvalue weighted by molar-refractivity contribution is -0.132. The van der Waals surface area contributed by atoms with E-state index in [1.165, 1.54) is 33.3 Å². The number of esters is 1. The number of rotatable bonds is 11. The van der Waals surface area contributed by atoms with Crippen LogP contribution in [0.3, 0.4) is 0 Å². The van der Waals surface area contributed by atoms with E-state index in [0.29, 0.717) is 36.5 Å². The van der Waals surface area contributed by atoms with Gasteiger partial charge in [0.2, 0.25) is 0 Å². The Morgan fingerprint density at radius 1 is 1.00 bits per heavy atom. The lowest BCUT2D eigenvalue weighted by Crippen LogP contribution is -2.04. The average Bonchev–Trinajstić information content (AvgIpc) is 2.53. The molecular weight excluding hydrogens is 292 g/mol. The zero-order valence-corrected chi connectivity index (χ0v) is 14.5. The molecule has 0 N–H and O–H groups in total. The first-order chi connectivity index (χ1) is 11.1. The summed E-state index contributed by atoms with van der Waals surface area (Å²) in [5.41, 5.74) is 1.01. The average molecular weight is 320 g/mol. The number of methoxy groups -OCH3 is 1. The van der Waals surface area contributed by atoms with Crippen LogP contribution in [-0.4, -0.2) is 18.9 Å². The van der Waals surface area contributed by atoms with E-state index in [9.17, 15) is 9.59 Å². The van der Waals surface area contributed by atoms with Crippen molar-refractivity contribution in [1.82, 2.24) is 0 Å². The largest absolute Gasteiger partial charge is 0.493 e. The maximum Gasteiger partial charge on any atom is 0.308 e. The molecular formula is C19H28O4. The Morgan fingerprint density at radius 2 is 1.74 bits per heavy atom. The van der Waals surface area contributed by atoms with Crippen molar-refractivity contribution in [2.45, 2.75) is 65.2 Å². The highest BCUT2D eigenvalue weighted by Crippen LogP contribution is 2.28. The van der Waals surface area contributed by atoms with Crippen LogP contribution >= 0.6 is 0 Å². The van der Waals surface area contributed by atoms with Gasteiger partial charge in [0.15, 0.2) is 11.5 Å². The molecule has 0 atom stereocenters. The molecule has 23 heavy (non-hydrogen) atoms. The van der Waals surface area contributed by atoms with Crippen LogP contribution in [0, 0.1) is 0 Å². The van der Waals surface area contributed by atoms with Crippen molar-refractivity contribution in [2.24, 2.45) is 0 Å². The first kappa shape index (κ1) is 19.2. The minimum Gasteiger partial charge on any atom is -0.493 e. The van der Waals surface area contributed by atoms with Gasteiger partial charge in [-0.15, -0.1) is 0 Å². The molecule has 0 heterocycles. The monoisotopic (exact) mass is 320 g/mol. The van der Waals surface area contributed by atoms with Crippen molar-refractivity contribution in [2.75, 3.05) is 7.11 Å². The Bertz CT molecular complexity index is 508. The summed E-state index contributed by atoms with van der Waals surface area (Å²) in [6, 6.07) is 5.41. The Balaban J connectivity index is 2.42. The maximum absolute atomic E-state index is 11.9. The number of unbranched alkanes of at least 4 members (excludes halogenated alkanes) is 4. The van der Waals surface area contributed by atoms with Gasteiger partial charge in [-0.05, 0) is 30.5 Å². The van der Waals surface area contributed by atoms with E-state index < -0.39 is 0 Å². The van der Waals surface area contributed by atoms with Gasteiger partial charge in [-0.2, -0.15) is 0 Å². The molecule has 0 saturated carbocycles. The van der Waals surface area contributed by atoms with Gasteiger partial charge in [-0.3, -0.25) is 9.59 Å². The molecule has 128 valence electrons. The van der Waals surface area contributed by atoms with Crippen LogP contribution in [0.25, 0.3) is 0 Å². The molecule has 4 nitrogen and oxygen atoms in total. The molecule has 4 heteroatoms. The normalized spacial score (nSPS) is 10.4. The van der Waals surface area contributed by atoms with Crippen molar-refractivity contribution in [3.8, 4) is 11.5 Å². The molecule has 0 radical (unpaired) electrons. The van der Waals surface area contributed by atoms with Crippen molar-refractivity contribution >= 4 is 11.8 Å². The first-order valence-electron chi connectivity index (χ1n) is 8.43. The molecule has 0 spiro atoms. The minimum atomic E-state index is -0.380. The molecule has 0 aliphatic heterocycles. The standard InChI is InChI=1S/C19H28O4/c1-4-5-6-7-8-9-17(21)12-10-16-11-13-18(23-15(2)20)19(14-16)22-3/h11,13-14H,4-10,12H2,1-3H3. The van der Waals surface area contributed by atoms with E-state index in [2.05, 4.69) is 6.92 Å². The van der Waals surface area contributed by atoms with Crippen LogP contribution in [-0.2, 0) is 16.0 Å². The van der Waals surface area contributed by atoms with Crippen LogP contribution in [0.15, 0.2) is 18.2 Å². The summed E-state index contributed by atoms with van der Waals surface area (Å²) < 4.78 is 10.3. The van der Waals surface area contributed by atoms with Crippen LogP contribution in [0.5, 0.6) is 11.5 Å². The molecule has 0 amide bonds. The SMILES string of the molecule is CCCCCCCC(=O)CCc1ccc(OC(C)=O)c(OC)c1. The van der Waals surface area contributed by atoms with Gasteiger partial charge >= 0.3 is 5.97 Å². The third-order valence-corrected chi connectivity index (χ3v) is 3.73. The van der Waals surface area contributed by atoms with Crippen LogP contribution in [0.2, 0.25) is 0 Å². The second-order valence-corrected chi connectivity index (χ2v) is 5.78. The summed E-state index contributed by atoms with van der Waals surface area (Å²) in [6.45, 7) is 3.54. The lowest BCUT2D eigenvalue weighted by atomic mass is 10.0. The maximum atomic E-state index is 11.9. The number of benzene rings is 1. The summed E-state index contributed by atoms with van der Waals surface area (Å²) in [5, 5.41) is 0. The van der Waals surface area contributed by atoms with E-state index in [-0.39, 0.29) is 5.97 Å². The number of hydrogen-bond donors (Lipinski definition) is 0. The Kier molecular flexibility index (Phi) is 9.03. The van der Waals surface area contributed by atoms with E-state index in [1.807, 2.05) is 12.1 Å². The van der Waals surface area contributed by atoms with Crippen molar-refractivity contribution in [1.29, 1.82) is 0 Å². The van der Waals surface area contributed by atoms with E-state index in [4.69, 9.17) is 9.47 Å². The number of Topliss-reactive ketones (excluding diaryl/α,β-unsaturated/α-hetero) is 1. The van der Waals surface area contributed by atoms with Gasteiger partial charge in [0.25, 0.3) is 0 Å². The number of ketones is 1. The molecule has 0 aromatic heterocycles. The number of carbonyl (C=O) groups excluding carboxylic acids is 2. The van der Waals surface area contributed by atoms with Crippen molar-refractivity contribution in [3.63, 3.8) is 0 Å². The second-order valence-electron chi connectivity index (χ2n) is 5.78. The highest BCUT2D eigenvalue weighted by molar-refractivity contribution is 5.78. The van der Waals surface area contributed by atoms with Gasteiger partial charge in [0.1, 0.15) is 5.78 Å². The third kappa shape index (κ3) is 7.82. The molecule has 1 rings (SSSR count). The summed E-state index contributed by atoms with van der Waals surface area (Å²) in [5.74, 6) is 0.856. The molecule has 1 aromatic carbocycles. The molecule has 0 aliphatic rings. The molecule has 0 fully saturated rings. The van der Waals surface area contributed by atoms with Gasteiger partial charge < -0.3 is 9.47 Å². The molecule has 0 unspecified atom stereocenters. The lowest BCUT2D eigenvalue weighted by Gasteiger charge is -2.10. The van der Waals surface area contributed by atoms with E-state index >= 15 is 0 Å². The zero-order chi connectivity index (χ0) is 17.1. The van der Waals surface area contributed by atoms with E-state index in [0.717, 1.165) is 18.4 Å². The number of ether oxygens (including phenoxy) is 2. The molecule has 0 bridgehead atoms. The molecule has 0 saturated heterocycles. The summed E-state index contributed by atoms with van der Waals surface area (Å²) in [7, 11) is 1.54. The fourth-order valence-corrected chi connectivity index (χ4v) is 2.44. The summed E-state index contributed by atoms with van der Waals surface area (Å²) >= 11 is 0. The predicted molar refractivity (Wildman–Crippen MR) is 91.0 cm³/mol. The van der Waals surface area contributed by atoms with Gasteiger partial charge in [-0.25, -0.2) is 0 Å². The topological polar surface area (TPSA) is 52.6 Å². The highest BCUT2D eigenvalue weighted by atomic mass is 16.6. The summed E-state index contributed by atoms with van der Waals surface area (Å²) in [6.07, 6.45) is 7.74. The predicted octanol–water partition coefficient (Wildman–Crippen LogP) is 4.48. The molecule has 0 aliphatic carbocycles. The Labute approximate surface area is 139 Å². The second kappa shape index (κ2) is 10.8. The quantitative estimate of drug-likeness (QED) is 0.342. The van der Waals surface area contributed by atoms with Gasteiger partial charge in [0, 0.05) is 19.8 Å². The minimum absolute atomic E-state index is 0.310. The van der Waals surface area contributed by atoms with Crippen molar-refractivity contribution in [3.05, 3.63) is 23.8 Å². The Hall–Kier alpha value is -1.84. The number of hydrogen-bond acceptors (Lipinski definition) is 4. The van der Waals surface area contributed by atoms with Crippen molar-refractivity contribution < 1.29 is 19.1 Å². The highest BCUT2D eigenvalue weighted by Gasteiger charge is 2.09. The number of aryl methyl sites for hydroxylation is 1.